The second-order valence-corrected chi connectivity index (χ2v) is 11.0. The van der Waals surface area contributed by atoms with E-state index in [4.69, 9.17) is 4.74 Å². The van der Waals surface area contributed by atoms with Crippen LogP contribution < -0.4 is 20.3 Å². The molecular weight excluding hydrogens is 468 g/mol. The predicted octanol–water partition coefficient (Wildman–Crippen LogP) is 3.51. The fourth-order valence-corrected chi connectivity index (χ4v) is 5.04. The number of piperidine rings is 1. The Morgan fingerprint density at radius 3 is 2.34 bits per heavy atom. The number of nitrogens with one attached hydrogen (secondary N) is 2. The molecule has 2 heterocycles. The predicted molar refractivity (Wildman–Crippen MR) is 136 cm³/mol. The number of anilines is 5. The Kier molecular flexibility index (Phi) is 7.37. The number of aliphatic hydroxyl groups excluding tert-OH is 1. The molecule has 0 atom stereocenters. The van der Waals surface area contributed by atoms with E-state index in [0.29, 0.717) is 17.1 Å². The van der Waals surface area contributed by atoms with Gasteiger partial charge in [-0.2, -0.15) is 4.98 Å². The number of hydrogen-bond acceptors (Lipinski definition) is 10. The topological polar surface area (TPSA) is 130 Å². The SMILES string of the molecule is COc1cc(N2CCC(O)CC2)ccc1Nc1ncnc(Nc2ccccc2S(=O)(=O)C(C)C)n1. The number of aromatic nitrogens is 3. The van der Waals surface area contributed by atoms with E-state index in [0.717, 1.165) is 31.6 Å². The van der Waals surface area contributed by atoms with Gasteiger partial charge in [-0.25, -0.2) is 18.4 Å². The van der Waals surface area contributed by atoms with Crippen molar-refractivity contribution in [1.82, 2.24) is 15.0 Å². The van der Waals surface area contributed by atoms with Gasteiger partial charge >= 0.3 is 0 Å². The lowest BCUT2D eigenvalue weighted by Gasteiger charge is -2.31. The van der Waals surface area contributed by atoms with Gasteiger partial charge < -0.3 is 25.4 Å². The molecule has 0 spiro atoms. The van der Waals surface area contributed by atoms with Crippen LogP contribution in [0.3, 0.4) is 0 Å². The number of sulfone groups is 1. The first-order chi connectivity index (χ1) is 16.8. The Hall–Kier alpha value is -3.44. The highest BCUT2D eigenvalue weighted by Gasteiger charge is 2.23. The van der Waals surface area contributed by atoms with Gasteiger partial charge in [0.2, 0.25) is 11.9 Å². The number of ether oxygens (including phenoxy) is 1. The molecule has 3 N–H and O–H groups in total. The van der Waals surface area contributed by atoms with Gasteiger partial charge in [-0.15, -0.1) is 0 Å². The molecule has 1 aromatic heterocycles. The largest absolute Gasteiger partial charge is 0.494 e. The fourth-order valence-electron chi connectivity index (χ4n) is 3.83. The van der Waals surface area contributed by atoms with Crippen molar-refractivity contribution in [3.63, 3.8) is 0 Å². The zero-order valence-electron chi connectivity index (χ0n) is 20.0. The summed E-state index contributed by atoms with van der Waals surface area (Å²) < 4.78 is 31.1. The summed E-state index contributed by atoms with van der Waals surface area (Å²) in [6.45, 7) is 4.86. The summed E-state index contributed by atoms with van der Waals surface area (Å²) in [4.78, 5) is 15.1. The normalized spacial score (nSPS) is 14.7. The lowest BCUT2D eigenvalue weighted by molar-refractivity contribution is 0.145. The zero-order chi connectivity index (χ0) is 25.0. The quantitative estimate of drug-likeness (QED) is 0.424. The standard InChI is InChI=1S/C24H30N6O4S/c1-16(2)35(32,33)22-7-5-4-6-20(22)28-24-26-15-25-23(29-24)27-19-9-8-17(14-21(19)34-3)30-12-10-18(31)11-13-30/h4-9,14-16,18,31H,10-13H2,1-3H3,(H2,25,26,27,28,29). The van der Waals surface area contributed by atoms with Crippen molar-refractivity contribution < 1.29 is 18.3 Å². The van der Waals surface area contributed by atoms with Crippen LogP contribution in [0.15, 0.2) is 53.7 Å². The van der Waals surface area contributed by atoms with Gasteiger partial charge in [0.05, 0.1) is 34.7 Å². The Morgan fingerprint density at radius 2 is 1.69 bits per heavy atom. The summed E-state index contributed by atoms with van der Waals surface area (Å²) in [7, 11) is -1.90. The van der Waals surface area contributed by atoms with Crippen molar-refractivity contribution in [2.24, 2.45) is 0 Å². The Labute approximate surface area is 205 Å². The molecule has 11 heteroatoms. The zero-order valence-corrected chi connectivity index (χ0v) is 20.8. The first-order valence-corrected chi connectivity index (χ1v) is 13.0. The molecule has 0 unspecified atom stereocenters. The minimum absolute atomic E-state index is 0.187. The maximum absolute atomic E-state index is 12.7. The van der Waals surface area contributed by atoms with Gasteiger partial charge in [0.1, 0.15) is 12.1 Å². The van der Waals surface area contributed by atoms with Gasteiger partial charge in [0.15, 0.2) is 9.84 Å². The third-order valence-corrected chi connectivity index (χ3v) is 8.10. The first kappa shape index (κ1) is 24.7. The number of benzene rings is 2. The van der Waals surface area contributed by atoms with E-state index < -0.39 is 15.1 Å². The number of hydrogen-bond donors (Lipinski definition) is 3. The minimum Gasteiger partial charge on any atom is -0.494 e. The Morgan fingerprint density at radius 1 is 1.03 bits per heavy atom. The fraction of sp³-hybridized carbons (Fsp3) is 0.375. The summed E-state index contributed by atoms with van der Waals surface area (Å²) in [6, 6.07) is 12.5. The van der Waals surface area contributed by atoms with Gasteiger partial charge in [-0.05, 0) is 51.0 Å². The monoisotopic (exact) mass is 498 g/mol. The maximum Gasteiger partial charge on any atom is 0.232 e. The molecule has 0 aliphatic carbocycles. The summed E-state index contributed by atoms with van der Waals surface area (Å²) in [6.07, 6.45) is 2.59. The summed E-state index contributed by atoms with van der Waals surface area (Å²) in [5.41, 5.74) is 2.08. The molecule has 1 saturated heterocycles. The van der Waals surface area contributed by atoms with Gasteiger partial charge in [-0.1, -0.05) is 12.1 Å². The number of nitrogens with zero attached hydrogens (tertiary/aromatic N) is 4. The number of rotatable bonds is 8. The van der Waals surface area contributed by atoms with Crippen LogP contribution in [-0.4, -0.2) is 60.0 Å². The van der Waals surface area contributed by atoms with Crippen LogP contribution in [0.1, 0.15) is 26.7 Å². The molecule has 2 aromatic carbocycles. The van der Waals surface area contributed by atoms with Crippen molar-refractivity contribution in [3.8, 4) is 5.75 Å². The Balaban J connectivity index is 1.54. The van der Waals surface area contributed by atoms with Gasteiger partial charge in [0, 0.05) is 24.8 Å². The number of aliphatic hydroxyl groups is 1. The molecule has 0 radical (unpaired) electrons. The van der Waals surface area contributed by atoms with Crippen LogP contribution >= 0.6 is 0 Å². The molecule has 0 bridgehead atoms. The second-order valence-electron chi connectivity index (χ2n) is 8.58. The maximum atomic E-state index is 12.7. The third-order valence-electron chi connectivity index (χ3n) is 5.89. The molecule has 4 rings (SSSR count). The molecule has 0 amide bonds. The number of methoxy groups -OCH3 is 1. The molecule has 0 saturated carbocycles. The van der Waals surface area contributed by atoms with Crippen LogP contribution in [-0.2, 0) is 9.84 Å². The van der Waals surface area contributed by atoms with E-state index in [-0.39, 0.29) is 22.9 Å². The Bertz CT molecular complexity index is 1280. The van der Waals surface area contributed by atoms with Crippen molar-refractivity contribution in [1.29, 1.82) is 0 Å². The molecular formula is C24H30N6O4S. The van der Waals surface area contributed by atoms with E-state index in [2.05, 4.69) is 30.5 Å². The average Bonchev–Trinajstić information content (AvgIpc) is 2.85. The van der Waals surface area contributed by atoms with E-state index in [1.807, 2.05) is 18.2 Å². The molecule has 1 aliphatic rings. The van der Waals surface area contributed by atoms with Crippen LogP contribution in [0, 0.1) is 0 Å². The highest BCUT2D eigenvalue weighted by atomic mass is 32.2. The van der Waals surface area contributed by atoms with E-state index >= 15 is 0 Å². The molecule has 3 aromatic rings. The number of para-hydroxylation sites is 1. The van der Waals surface area contributed by atoms with E-state index in [9.17, 15) is 13.5 Å². The molecule has 35 heavy (non-hydrogen) atoms. The van der Waals surface area contributed by atoms with E-state index in [1.54, 1.807) is 45.2 Å². The van der Waals surface area contributed by atoms with Crippen molar-refractivity contribution in [2.75, 3.05) is 35.7 Å². The summed E-state index contributed by atoms with van der Waals surface area (Å²) in [5, 5.41) is 15.3. The highest BCUT2D eigenvalue weighted by molar-refractivity contribution is 7.92. The third kappa shape index (κ3) is 5.63. The molecule has 1 aliphatic heterocycles. The average molecular weight is 499 g/mol. The molecule has 186 valence electrons. The van der Waals surface area contributed by atoms with Crippen LogP contribution in [0.2, 0.25) is 0 Å². The lowest BCUT2D eigenvalue weighted by atomic mass is 10.1. The minimum atomic E-state index is -3.50. The highest BCUT2D eigenvalue weighted by Crippen LogP contribution is 2.33. The smallest absolute Gasteiger partial charge is 0.232 e. The first-order valence-electron chi connectivity index (χ1n) is 11.4. The lowest BCUT2D eigenvalue weighted by Crippen LogP contribution is -2.35. The molecule has 1 fully saturated rings. The van der Waals surface area contributed by atoms with E-state index in [1.165, 1.54) is 6.33 Å². The van der Waals surface area contributed by atoms with Crippen molar-refractivity contribution in [3.05, 3.63) is 48.8 Å². The van der Waals surface area contributed by atoms with Crippen LogP contribution in [0.4, 0.5) is 29.0 Å². The second kappa shape index (κ2) is 10.4. The van der Waals surface area contributed by atoms with Crippen molar-refractivity contribution in [2.45, 2.75) is 42.9 Å². The molecule has 10 nitrogen and oxygen atoms in total. The summed E-state index contributed by atoms with van der Waals surface area (Å²) in [5.74, 6) is 1.10. The van der Waals surface area contributed by atoms with Gasteiger partial charge in [0.25, 0.3) is 0 Å². The van der Waals surface area contributed by atoms with Gasteiger partial charge in [-0.3, -0.25) is 0 Å². The van der Waals surface area contributed by atoms with Crippen LogP contribution in [0.25, 0.3) is 0 Å². The van der Waals surface area contributed by atoms with Crippen LogP contribution in [0.5, 0.6) is 5.75 Å². The van der Waals surface area contributed by atoms with Crippen molar-refractivity contribution >= 4 is 38.8 Å². The summed E-state index contributed by atoms with van der Waals surface area (Å²) >= 11 is 0.